The molecule has 0 unspecified atom stereocenters. The second-order valence-corrected chi connectivity index (χ2v) is 5.95. The highest BCUT2D eigenvalue weighted by Gasteiger charge is 2.29. The van der Waals surface area contributed by atoms with Crippen molar-refractivity contribution in [2.45, 2.75) is 57.6 Å². The molecule has 0 aliphatic heterocycles. The fourth-order valence-electron chi connectivity index (χ4n) is 2.90. The van der Waals surface area contributed by atoms with Crippen molar-refractivity contribution in [3.63, 3.8) is 0 Å². The van der Waals surface area contributed by atoms with Gasteiger partial charge in [0.25, 0.3) is 0 Å². The number of urea groups is 1. The number of hydrogen-bond donors (Lipinski definition) is 3. The van der Waals surface area contributed by atoms with Gasteiger partial charge in [-0.25, -0.2) is 4.79 Å². The Kier molecular flexibility index (Phi) is 5.22. The maximum atomic E-state index is 11.8. The molecule has 1 saturated carbocycles. The molecule has 1 fully saturated rings. The van der Waals surface area contributed by atoms with Crippen LogP contribution in [0.2, 0.25) is 0 Å². The summed E-state index contributed by atoms with van der Waals surface area (Å²) in [5.41, 5.74) is 1.31. The summed E-state index contributed by atoms with van der Waals surface area (Å²) in [7, 11) is 1.88. The number of aryl methyl sites for hydroxylation is 2. The first-order chi connectivity index (χ1) is 10.0. The van der Waals surface area contributed by atoms with Gasteiger partial charge in [-0.05, 0) is 19.3 Å². The molecular weight excluding hydrogens is 268 g/mol. The average Bonchev–Trinajstić information content (AvgIpc) is 2.84. The molecule has 1 heterocycles. The second kappa shape index (κ2) is 6.93. The van der Waals surface area contributed by atoms with Crippen molar-refractivity contribution < 1.29 is 9.90 Å². The fraction of sp³-hybridized carbons (Fsp3) is 0.733. The zero-order chi connectivity index (χ0) is 15.3. The van der Waals surface area contributed by atoms with Gasteiger partial charge in [-0.15, -0.1) is 0 Å². The van der Waals surface area contributed by atoms with Gasteiger partial charge in [0.05, 0.1) is 11.3 Å². The van der Waals surface area contributed by atoms with E-state index in [4.69, 9.17) is 0 Å². The third-order valence-corrected chi connectivity index (χ3v) is 4.13. The van der Waals surface area contributed by atoms with Crippen LogP contribution in [0, 0.1) is 0 Å². The molecule has 118 valence electrons. The van der Waals surface area contributed by atoms with Gasteiger partial charge in [0.1, 0.15) is 0 Å². The summed E-state index contributed by atoms with van der Waals surface area (Å²) in [6.07, 6.45) is 7.57. The molecule has 1 aromatic rings. The van der Waals surface area contributed by atoms with E-state index in [0.717, 1.165) is 43.4 Å². The van der Waals surface area contributed by atoms with Gasteiger partial charge in [-0.1, -0.05) is 26.2 Å². The summed E-state index contributed by atoms with van der Waals surface area (Å²) in [5.74, 6) is 0. The number of carbonyl (C=O) groups excluding carboxylic acids is 1. The molecule has 1 aromatic heterocycles. The highest BCUT2D eigenvalue weighted by Crippen LogP contribution is 2.27. The van der Waals surface area contributed by atoms with Gasteiger partial charge in [0, 0.05) is 31.9 Å². The van der Waals surface area contributed by atoms with Crippen molar-refractivity contribution >= 4 is 6.03 Å². The maximum absolute atomic E-state index is 11.8. The first kappa shape index (κ1) is 15.8. The quantitative estimate of drug-likeness (QED) is 0.769. The lowest BCUT2D eigenvalue weighted by atomic mass is 9.85. The van der Waals surface area contributed by atoms with E-state index in [2.05, 4.69) is 15.7 Å². The number of aliphatic hydroxyl groups is 1. The summed E-state index contributed by atoms with van der Waals surface area (Å²) < 4.78 is 1.76. The minimum Gasteiger partial charge on any atom is -0.388 e. The van der Waals surface area contributed by atoms with Crippen LogP contribution in [0.5, 0.6) is 0 Å². The van der Waals surface area contributed by atoms with Gasteiger partial charge in [-0.3, -0.25) is 4.68 Å². The normalized spacial score (nSPS) is 17.5. The van der Waals surface area contributed by atoms with Crippen molar-refractivity contribution in [2.24, 2.45) is 7.05 Å². The zero-order valence-electron chi connectivity index (χ0n) is 13.0. The fourth-order valence-corrected chi connectivity index (χ4v) is 2.90. The van der Waals surface area contributed by atoms with Crippen LogP contribution < -0.4 is 10.6 Å². The van der Waals surface area contributed by atoms with Crippen molar-refractivity contribution in [1.82, 2.24) is 20.4 Å². The first-order valence-electron chi connectivity index (χ1n) is 7.78. The highest BCUT2D eigenvalue weighted by molar-refractivity contribution is 5.73. The minimum atomic E-state index is -0.724. The molecular formula is C15H26N4O2. The van der Waals surface area contributed by atoms with Crippen LogP contribution in [0.3, 0.4) is 0 Å². The van der Waals surface area contributed by atoms with E-state index < -0.39 is 5.60 Å². The maximum Gasteiger partial charge on any atom is 0.315 e. The molecule has 2 amide bonds. The van der Waals surface area contributed by atoms with E-state index >= 15 is 0 Å². The van der Waals surface area contributed by atoms with E-state index in [1.165, 1.54) is 6.42 Å². The lowest BCUT2D eigenvalue weighted by Gasteiger charge is -2.32. The monoisotopic (exact) mass is 294 g/mol. The number of carbonyl (C=O) groups is 1. The number of nitrogens with zero attached hydrogens (tertiary/aromatic N) is 2. The molecule has 0 atom stereocenters. The summed E-state index contributed by atoms with van der Waals surface area (Å²) in [6, 6.07) is -0.236. The Hall–Kier alpha value is -1.56. The molecule has 0 radical (unpaired) electrons. The van der Waals surface area contributed by atoms with Crippen LogP contribution >= 0.6 is 0 Å². The second-order valence-electron chi connectivity index (χ2n) is 5.95. The smallest absolute Gasteiger partial charge is 0.315 e. The number of hydrogen-bond acceptors (Lipinski definition) is 3. The molecule has 0 aromatic carbocycles. The van der Waals surface area contributed by atoms with Gasteiger partial charge in [-0.2, -0.15) is 5.10 Å². The van der Waals surface area contributed by atoms with Crippen LogP contribution in [0.25, 0.3) is 0 Å². The average molecular weight is 294 g/mol. The summed E-state index contributed by atoms with van der Waals surface area (Å²) >= 11 is 0. The van der Waals surface area contributed by atoms with E-state index in [9.17, 15) is 9.90 Å². The standard InChI is InChI=1S/C15H26N4O2/c1-3-13-12(10-19(2)18-13)9-16-14(20)17-11-15(21)7-5-4-6-8-15/h10,21H,3-9,11H2,1-2H3,(H2,16,17,20). The van der Waals surface area contributed by atoms with Crippen LogP contribution in [-0.4, -0.2) is 33.1 Å². The van der Waals surface area contributed by atoms with E-state index in [0.29, 0.717) is 13.1 Å². The number of aromatic nitrogens is 2. The number of nitrogens with one attached hydrogen (secondary N) is 2. The van der Waals surface area contributed by atoms with E-state index in [1.54, 1.807) is 4.68 Å². The molecule has 1 aliphatic rings. The van der Waals surface area contributed by atoms with Crippen LogP contribution in [0.4, 0.5) is 4.79 Å². The third kappa shape index (κ3) is 4.46. The van der Waals surface area contributed by atoms with Gasteiger partial charge in [0.15, 0.2) is 0 Å². The predicted molar refractivity (Wildman–Crippen MR) is 80.9 cm³/mol. The van der Waals surface area contributed by atoms with Gasteiger partial charge < -0.3 is 15.7 Å². The summed E-state index contributed by atoms with van der Waals surface area (Å²) in [6.45, 7) is 2.83. The van der Waals surface area contributed by atoms with Gasteiger partial charge in [0.2, 0.25) is 0 Å². The predicted octanol–water partition coefficient (Wildman–Crippen LogP) is 1.48. The molecule has 0 saturated heterocycles. The van der Waals surface area contributed by atoms with E-state index in [1.807, 2.05) is 20.2 Å². The molecule has 21 heavy (non-hydrogen) atoms. The largest absolute Gasteiger partial charge is 0.388 e. The lowest BCUT2D eigenvalue weighted by Crippen LogP contribution is -2.47. The molecule has 0 spiro atoms. The number of amides is 2. The first-order valence-corrected chi connectivity index (χ1v) is 7.78. The minimum absolute atomic E-state index is 0.236. The Bertz CT molecular complexity index is 478. The summed E-state index contributed by atoms with van der Waals surface area (Å²) in [4.78, 5) is 11.8. The molecule has 1 aliphatic carbocycles. The number of rotatable bonds is 5. The van der Waals surface area contributed by atoms with Crippen molar-refractivity contribution in [3.05, 3.63) is 17.5 Å². The Balaban J connectivity index is 1.76. The Morgan fingerprint density at radius 2 is 2.10 bits per heavy atom. The molecule has 2 rings (SSSR count). The Morgan fingerprint density at radius 3 is 2.76 bits per heavy atom. The Labute approximate surface area is 125 Å². The molecule has 6 nitrogen and oxygen atoms in total. The van der Waals surface area contributed by atoms with E-state index in [-0.39, 0.29) is 6.03 Å². The third-order valence-electron chi connectivity index (χ3n) is 4.13. The van der Waals surface area contributed by atoms with Crippen LogP contribution in [-0.2, 0) is 20.0 Å². The topological polar surface area (TPSA) is 79.2 Å². The van der Waals surface area contributed by atoms with Crippen molar-refractivity contribution in [1.29, 1.82) is 0 Å². The highest BCUT2D eigenvalue weighted by atomic mass is 16.3. The van der Waals surface area contributed by atoms with Gasteiger partial charge >= 0.3 is 6.03 Å². The zero-order valence-corrected chi connectivity index (χ0v) is 13.0. The SMILES string of the molecule is CCc1nn(C)cc1CNC(=O)NCC1(O)CCCCC1. The molecule has 3 N–H and O–H groups in total. The molecule has 6 heteroatoms. The summed E-state index contributed by atoms with van der Waals surface area (Å²) in [5, 5.41) is 20.3. The van der Waals surface area contributed by atoms with Crippen molar-refractivity contribution in [2.75, 3.05) is 6.54 Å². The molecule has 0 bridgehead atoms. The van der Waals surface area contributed by atoms with Crippen LogP contribution in [0.15, 0.2) is 6.20 Å². The van der Waals surface area contributed by atoms with Crippen molar-refractivity contribution in [3.8, 4) is 0 Å². The Morgan fingerprint density at radius 1 is 1.38 bits per heavy atom. The lowest BCUT2D eigenvalue weighted by molar-refractivity contribution is 0.00719. The van der Waals surface area contributed by atoms with Crippen LogP contribution in [0.1, 0.15) is 50.3 Å².